The lowest BCUT2D eigenvalue weighted by molar-refractivity contribution is -0.0375. The summed E-state index contributed by atoms with van der Waals surface area (Å²) in [5, 5.41) is 3.09. The molecule has 4 saturated heterocycles. The number of urea groups is 1. The highest BCUT2D eigenvalue weighted by Crippen LogP contribution is 2.42. The molecule has 4 rings (SSSR count). The van der Waals surface area contributed by atoms with Crippen molar-refractivity contribution < 1.29 is 18.8 Å². The summed E-state index contributed by atoms with van der Waals surface area (Å²) in [6, 6.07) is 0.0326. The maximum absolute atomic E-state index is 12.5. The van der Waals surface area contributed by atoms with Gasteiger partial charge in [0.1, 0.15) is 0 Å². The van der Waals surface area contributed by atoms with Crippen LogP contribution in [0.3, 0.4) is 0 Å². The van der Waals surface area contributed by atoms with Crippen LogP contribution >= 0.6 is 0 Å². The average Bonchev–Trinajstić information content (AvgIpc) is 3.25. The summed E-state index contributed by atoms with van der Waals surface area (Å²) in [5.74, 6) is 0.242. The Balaban J connectivity index is 1.19. The molecule has 0 aromatic carbocycles. The normalized spacial score (nSPS) is 35.0. The van der Waals surface area contributed by atoms with Crippen LogP contribution in [0.15, 0.2) is 0 Å². The Morgan fingerprint density at radius 3 is 2.30 bits per heavy atom. The minimum Gasteiger partial charge on any atom is -0.403 e. The van der Waals surface area contributed by atoms with E-state index >= 15 is 0 Å². The molecule has 2 bridgehead atoms. The topological polar surface area (TPSA) is 63.3 Å². The fraction of sp³-hybridized carbons (Fsp3) is 0.947. The van der Waals surface area contributed by atoms with Gasteiger partial charge in [0, 0.05) is 45.1 Å². The first-order chi connectivity index (χ1) is 12.7. The number of fused-ring (bicyclic) bond motifs is 2. The molecule has 0 aliphatic carbocycles. The van der Waals surface area contributed by atoms with E-state index < -0.39 is 0 Å². The molecular weight excluding hydrogens is 345 g/mol. The van der Waals surface area contributed by atoms with Gasteiger partial charge in [-0.1, -0.05) is 0 Å². The summed E-state index contributed by atoms with van der Waals surface area (Å²) in [7, 11) is -0.225. The fourth-order valence-electron chi connectivity index (χ4n) is 4.59. The van der Waals surface area contributed by atoms with Crippen molar-refractivity contribution in [1.29, 1.82) is 0 Å². The van der Waals surface area contributed by atoms with Gasteiger partial charge in [-0.2, -0.15) is 0 Å². The largest absolute Gasteiger partial charge is 0.463 e. The van der Waals surface area contributed by atoms with Gasteiger partial charge in [0.2, 0.25) is 0 Å². The lowest BCUT2D eigenvalue weighted by Crippen LogP contribution is -2.47. The van der Waals surface area contributed by atoms with Gasteiger partial charge < -0.3 is 24.3 Å². The molecule has 8 heteroatoms. The van der Waals surface area contributed by atoms with Crippen LogP contribution in [0.1, 0.15) is 47.0 Å². The van der Waals surface area contributed by atoms with Gasteiger partial charge >= 0.3 is 13.1 Å². The summed E-state index contributed by atoms with van der Waals surface area (Å²) >= 11 is 0. The number of amides is 2. The summed E-state index contributed by atoms with van der Waals surface area (Å²) < 4.78 is 18.2. The van der Waals surface area contributed by atoms with E-state index in [0.29, 0.717) is 25.3 Å². The van der Waals surface area contributed by atoms with E-state index in [4.69, 9.17) is 14.0 Å². The Kier molecular flexibility index (Phi) is 5.20. The molecule has 4 heterocycles. The Hall–Kier alpha value is -0.825. The third kappa shape index (κ3) is 4.00. The lowest BCUT2D eigenvalue weighted by atomic mass is 9.71. The second kappa shape index (κ2) is 7.21. The number of ether oxygens (including phenoxy) is 1. The molecule has 0 spiro atoms. The molecule has 0 aromatic heterocycles. The van der Waals surface area contributed by atoms with Crippen LogP contribution in [0.25, 0.3) is 0 Å². The Bertz CT molecular complexity index is 545. The van der Waals surface area contributed by atoms with E-state index in [1.54, 1.807) is 0 Å². The van der Waals surface area contributed by atoms with E-state index in [-0.39, 0.29) is 30.2 Å². The Morgan fingerprint density at radius 1 is 1.04 bits per heavy atom. The number of hydrogen-bond acceptors (Lipinski definition) is 5. The minimum atomic E-state index is -0.315. The molecule has 0 aromatic rings. The molecular formula is C19H34BN3O4. The smallest absolute Gasteiger partial charge is 0.403 e. The van der Waals surface area contributed by atoms with Crippen molar-refractivity contribution >= 4 is 13.1 Å². The van der Waals surface area contributed by atoms with Crippen molar-refractivity contribution in [3.8, 4) is 0 Å². The van der Waals surface area contributed by atoms with Crippen molar-refractivity contribution in [2.75, 3.05) is 39.3 Å². The van der Waals surface area contributed by atoms with Gasteiger partial charge in [0.25, 0.3) is 0 Å². The molecule has 7 nitrogen and oxygen atoms in total. The zero-order valence-corrected chi connectivity index (χ0v) is 17.2. The molecule has 1 N–H and O–H groups in total. The highest BCUT2D eigenvalue weighted by Gasteiger charge is 2.54. The minimum absolute atomic E-state index is 0.0326. The van der Waals surface area contributed by atoms with Crippen LogP contribution < -0.4 is 5.32 Å². The standard InChI is InChI=1S/C19H34BN3O4/c1-18(2)19(3,4)27-20(26-18)14-7-9-23(11-14)17(24)21-8-10-22-12-15-5-6-16(13-22)25-15/h14-16H,5-13H2,1-4H3,(H,21,24). The second-order valence-electron chi connectivity index (χ2n) is 9.57. The van der Waals surface area contributed by atoms with Gasteiger partial charge in [-0.25, -0.2) is 4.79 Å². The molecule has 2 amide bonds. The zero-order valence-electron chi connectivity index (χ0n) is 17.2. The van der Waals surface area contributed by atoms with Gasteiger partial charge in [-0.15, -0.1) is 0 Å². The molecule has 3 atom stereocenters. The first-order valence-electron chi connectivity index (χ1n) is 10.5. The molecule has 27 heavy (non-hydrogen) atoms. The molecule has 3 unspecified atom stereocenters. The quantitative estimate of drug-likeness (QED) is 0.754. The molecule has 152 valence electrons. The van der Waals surface area contributed by atoms with Gasteiger partial charge in [-0.05, 0) is 47.0 Å². The van der Waals surface area contributed by atoms with E-state index in [1.807, 2.05) is 4.90 Å². The maximum atomic E-state index is 12.5. The average molecular weight is 379 g/mol. The number of carbonyl (C=O) groups excluding carboxylic acids is 1. The number of nitrogens with one attached hydrogen (secondary N) is 1. The van der Waals surface area contributed by atoms with Gasteiger partial charge in [0.15, 0.2) is 0 Å². The third-order valence-electron chi connectivity index (χ3n) is 6.99. The predicted octanol–water partition coefficient (Wildman–Crippen LogP) is 1.73. The van der Waals surface area contributed by atoms with E-state index in [2.05, 4.69) is 37.9 Å². The number of rotatable bonds is 4. The van der Waals surface area contributed by atoms with Crippen molar-refractivity contribution in [2.24, 2.45) is 0 Å². The second-order valence-corrected chi connectivity index (χ2v) is 9.57. The molecule has 0 radical (unpaired) electrons. The highest BCUT2D eigenvalue weighted by atomic mass is 16.7. The van der Waals surface area contributed by atoms with Crippen LogP contribution in [0.5, 0.6) is 0 Å². The zero-order chi connectivity index (χ0) is 19.2. The Labute approximate surface area is 163 Å². The number of morpholine rings is 1. The molecule has 4 aliphatic rings. The molecule has 4 fully saturated rings. The van der Waals surface area contributed by atoms with Crippen LogP contribution in [-0.4, -0.2) is 85.6 Å². The summed E-state index contributed by atoms with van der Waals surface area (Å²) in [6.07, 6.45) is 4.10. The van der Waals surface area contributed by atoms with Crippen molar-refractivity contribution in [2.45, 2.75) is 76.2 Å². The van der Waals surface area contributed by atoms with E-state index in [0.717, 1.165) is 32.6 Å². The van der Waals surface area contributed by atoms with Crippen molar-refractivity contribution in [1.82, 2.24) is 15.1 Å². The SMILES string of the molecule is CC1(C)OB(C2CCN(C(=O)NCCN3CC4CCC(C3)O4)C2)OC1(C)C. The molecule has 4 aliphatic heterocycles. The summed E-state index contributed by atoms with van der Waals surface area (Å²) in [6.45, 7) is 13.3. The first kappa shape index (κ1) is 19.5. The van der Waals surface area contributed by atoms with Crippen LogP contribution in [-0.2, 0) is 14.0 Å². The summed E-state index contributed by atoms with van der Waals surface area (Å²) in [5.41, 5.74) is -0.629. The number of nitrogens with zero attached hydrogens (tertiary/aromatic N) is 2. The van der Waals surface area contributed by atoms with Crippen LogP contribution in [0.2, 0.25) is 5.82 Å². The molecule has 0 saturated carbocycles. The number of hydrogen-bond donors (Lipinski definition) is 1. The number of likely N-dealkylation sites (tertiary alicyclic amines) is 2. The number of carbonyl (C=O) groups is 1. The highest BCUT2D eigenvalue weighted by molar-refractivity contribution is 6.47. The van der Waals surface area contributed by atoms with Gasteiger partial charge in [0.05, 0.1) is 23.4 Å². The fourth-order valence-corrected chi connectivity index (χ4v) is 4.59. The first-order valence-corrected chi connectivity index (χ1v) is 10.5. The van der Waals surface area contributed by atoms with E-state index in [9.17, 15) is 4.79 Å². The van der Waals surface area contributed by atoms with Crippen LogP contribution in [0.4, 0.5) is 4.79 Å². The maximum Gasteiger partial charge on any atom is 0.463 e. The monoisotopic (exact) mass is 379 g/mol. The predicted molar refractivity (Wildman–Crippen MR) is 104 cm³/mol. The Morgan fingerprint density at radius 2 is 1.67 bits per heavy atom. The van der Waals surface area contributed by atoms with Crippen molar-refractivity contribution in [3.63, 3.8) is 0 Å². The van der Waals surface area contributed by atoms with Gasteiger partial charge in [-0.3, -0.25) is 4.90 Å². The van der Waals surface area contributed by atoms with Crippen LogP contribution in [0, 0.1) is 0 Å². The summed E-state index contributed by atoms with van der Waals surface area (Å²) in [4.78, 5) is 16.9. The van der Waals surface area contributed by atoms with Crippen molar-refractivity contribution in [3.05, 3.63) is 0 Å². The van der Waals surface area contributed by atoms with E-state index in [1.165, 1.54) is 12.8 Å². The third-order valence-corrected chi connectivity index (χ3v) is 6.99. The lowest BCUT2D eigenvalue weighted by Gasteiger charge is -2.32.